The molecule has 2 aromatic heterocycles. The van der Waals surface area contributed by atoms with E-state index in [4.69, 9.17) is 9.52 Å². The molecular formula is C21H37IN8O. The normalized spacial score (nSPS) is 17.1. The van der Waals surface area contributed by atoms with Crippen LogP contribution in [0.1, 0.15) is 62.3 Å². The number of rotatable bonds is 9. The summed E-state index contributed by atoms with van der Waals surface area (Å²) in [5.74, 6) is 3.48. The zero-order chi connectivity index (χ0) is 21.5. The van der Waals surface area contributed by atoms with Gasteiger partial charge in [0.2, 0.25) is 0 Å². The minimum absolute atomic E-state index is 0. The Kier molecular flexibility index (Phi) is 10.2. The number of aromatic nitrogens is 4. The Balaban J connectivity index is 0.00000341. The Labute approximate surface area is 202 Å². The van der Waals surface area contributed by atoms with Gasteiger partial charge in [0.05, 0.1) is 18.8 Å². The van der Waals surface area contributed by atoms with Gasteiger partial charge in [-0.05, 0) is 39.3 Å². The number of aliphatic imine (C=N–C) groups is 1. The Morgan fingerprint density at radius 2 is 2.00 bits per heavy atom. The highest BCUT2D eigenvalue weighted by atomic mass is 127. The number of halogens is 1. The summed E-state index contributed by atoms with van der Waals surface area (Å²) < 4.78 is 7.49. The van der Waals surface area contributed by atoms with E-state index in [9.17, 15) is 0 Å². The van der Waals surface area contributed by atoms with Crippen molar-refractivity contribution in [2.24, 2.45) is 12.0 Å². The predicted octanol–water partition coefficient (Wildman–Crippen LogP) is 2.57. The van der Waals surface area contributed by atoms with Crippen LogP contribution in [0, 0.1) is 6.92 Å². The predicted molar refractivity (Wildman–Crippen MR) is 133 cm³/mol. The van der Waals surface area contributed by atoms with Crippen molar-refractivity contribution in [2.45, 2.75) is 72.5 Å². The van der Waals surface area contributed by atoms with Crippen LogP contribution >= 0.6 is 24.0 Å². The van der Waals surface area contributed by atoms with Crippen LogP contribution in [0.15, 0.2) is 9.52 Å². The third kappa shape index (κ3) is 6.41. The molecule has 0 amide bonds. The zero-order valence-corrected chi connectivity index (χ0v) is 21.8. The maximum absolute atomic E-state index is 5.50. The average molecular weight is 544 g/mol. The zero-order valence-electron chi connectivity index (χ0n) is 19.4. The Morgan fingerprint density at radius 3 is 2.65 bits per heavy atom. The number of aryl methyl sites for hydroxylation is 3. The van der Waals surface area contributed by atoms with Crippen molar-refractivity contribution < 1.29 is 4.52 Å². The summed E-state index contributed by atoms with van der Waals surface area (Å²) in [5.41, 5.74) is 2.10. The van der Waals surface area contributed by atoms with Gasteiger partial charge >= 0.3 is 0 Å². The van der Waals surface area contributed by atoms with Gasteiger partial charge in [-0.3, -0.25) is 4.90 Å². The fraction of sp³-hybridized carbons (Fsp3) is 0.714. The summed E-state index contributed by atoms with van der Waals surface area (Å²) in [7, 11) is 1.98. The van der Waals surface area contributed by atoms with E-state index in [1.807, 2.05) is 18.5 Å². The van der Waals surface area contributed by atoms with Crippen LogP contribution in [-0.4, -0.2) is 56.5 Å². The number of nitrogens with zero attached hydrogens (tertiary/aromatic N) is 6. The second-order valence-electron chi connectivity index (χ2n) is 7.78. The molecule has 0 radical (unpaired) electrons. The second-order valence-corrected chi connectivity index (χ2v) is 7.78. The lowest BCUT2D eigenvalue weighted by atomic mass is 10.1. The number of hydrogen-bond acceptors (Lipinski definition) is 6. The van der Waals surface area contributed by atoms with E-state index in [1.165, 1.54) is 19.4 Å². The third-order valence-electron chi connectivity index (χ3n) is 6.01. The number of guanidine groups is 1. The van der Waals surface area contributed by atoms with Gasteiger partial charge in [-0.15, -0.1) is 34.2 Å². The van der Waals surface area contributed by atoms with Crippen LogP contribution in [0.2, 0.25) is 0 Å². The van der Waals surface area contributed by atoms with Gasteiger partial charge in [-0.25, -0.2) is 4.99 Å². The van der Waals surface area contributed by atoms with Gasteiger partial charge in [-0.2, -0.15) is 0 Å². The SMILES string of the molecule is CCc1noc(CC)c1CN=C(NCc1nnc(C)n1C)NCC1CCCN1CC.I. The molecule has 2 aromatic rings. The molecule has 0 bridgehead atoms. The first-order valence-electron chi connectivity index (χ1n) is 11.1. The van der Waals surface area contributed by atoms with Crippen LogP contribution < -0.4 is 10.6 Å². The monoisotopic (exact) mass is 544 g/mol. The second kappa shape index (κ2) is 12.4. The highest BCUT2D eigenvalue weighted by Crippen LogP contribution is 2.17. The molecule has 174 valence electrons. The van der Waals surface area contributed by atoms with Crippen molar-refractivity contribution >= 4 is 29.9 Å². The largest absolute Gasteiger partial charge is 0.361 e. The number of hydrogen-bond donors (Lipinski definition) is 2. The van der Waals surface area contributed by atoms with E-state index in [1.54, 1.807) is 0 Å². The molecule has 2 N–H and O–H groups in total. The van der Waals surface area contributed by atoms with Crippen molar-refractivity contribution in [1.82, 2.24) is 35.5 Å². The molecule has 1 fully saturated rings. The minimum atomic E-state index is 0. The van der Waals surface area contributed by atoms with Crippen molar-refractivity contribution in [2.75, 3.05) is 19.6 Å². The van der Waals surface area contributed by atoms with Crippen molar-refractivity contribution in [3.8, 4) is 0 Å². The highest BCUT2D eigenvalue weighted by Gasteiger charge is 2.23. The van der Waals surface area contributed by atoms with E-state index in [0.717, 1.165) is 60.6 Å². The summed E-state index contributed by atoms with van der Waals surface area (Å²) >= 11 is 0. The summed E-state index contributed by atoms with van der Waals surface area (Å²) in [5, 5.41) is 19.6. The molecule has 1 aliphatic rings. The lowest BCUT2D eigenvalue weighted by Crippen LogP contribution is -2.45. The van der Waals surface area contributed by atoms with Crippen LogP contribution in [0.5, 0.6) is 0 Å². The molecule has 3 rings (SSSR count). The third-order valence-corrected chi connectivity index (χ3v) is 6.01. The Morgan fingerprint density at radius 1 is 1.19 bits per heavy atom. The summed E-state index contributed by atoms with van der Waals surface area (Å²) in [6, 6.07) is 0.548. The van der Waals surface area contributed by atoms with Gasteiger partial charge in [0.15, 0.2) is 11.8 Å². The van der Waals surface area contributed by atoms with Gasteiger partial charge in [0.25, 0.3) is 0 Å². The smallest absolute Gasteiger partial charge is 0.192 e. The Hall–Kier alpha value is -1.69. The van der Waals surface area contributed by atoms with Crippen molar-refractivity contribution in [1.29, 1.82) is 0 Å². The molecule has 10 heteroatoms. The van der Waals surface area contributed by atoms with Gasteiger partial charge in [-0.1, -0.05) is 25.9 Å². The Bertz CT molecular complexity index is 825. The molecular weight excluding hydrogens is 507 g/mol. The molecule has 1 saturated heterocycles. The molecule has 1 aliphatic heterocycles. The number of nitrogens with one attached hydrogen (secondary N) is 2. The van der Waals surface area contributed by atoms with Crippen molar-refractivity contribution in [3.05, 3.63) is 28.7 Å². The maximum Gasteiger partial charge on any atom is 0.192 e. The minimum Gasteiger partial charge on any atom is -0.361 e. The van der Waals surface area contributed by atoms with Crippen LogP contribution in [0.4, 0.5) is 0 Å². The summed E-state index contributed by atoms with van der Waals surface area (Å²) in [4.78, 5) is 7.39. The van der Waals surface area contributed by atoms with E-state index < -0.39 is 0 Å². The molecule has 3 heterocycles. The van der Waals surface area contributed by atoms with Crippen molar-refractivity contribution in [3.63, 3.8) is 0 Å². The maximum atomic E-state index is 5.50. The molecule has 1 atom stereocenters. The molecule has 0 aromatic carbocycles. The standard InChI is InChI=1S/C21H36N8O.HI/c1-6-18-17(19(7-2)30-27-18)13-23-21(22-12-16-10-9-11-29(16)8-3)24-14-20-26-25-15(4)28(20)5;/h16H,6-14H2,1-5H3,(H2,22,23,24);1H. The quantitative estimate of drug-likeness (QED) is 0.285. The van der Waals surface area contributed by atoms with Crippen LogP contribution in [0.25, 0.3) is 0 Å². The van der Waals surface area contributed by atoms with Gasteiger partial charge < -0.3 is 19.7 Å². The van der Waals surface area contributed by atoms with Crippen LogP contribution in [0.3, 0.4) is 0 Å². The first-order valence-corrected chi connectivity index (χ1v) is 11.1. The summed E-state index contributed by atoms with van der Waals surface area (Å²) in [6.45, 7) is 12.6. The first-order chi connectivity index (χ1) is 14.6. The molecule has 0 aliphatic carbocycles. The average Bonchev–Trinajstić information content (AvgIpc) is 3.47. The first kappa shape index (κ1) is 25.6. The van der Waals surface area contributed by atoms with Gasteiger partial charge in [0, 0.05) is 31.6 Å². The van der Waals surface area contributed by atoms with E-state index >= 15 is 0 Å². The fourth-order valence-electron chi connectivity index (χ4n) is 3.97. The fourth-order valence-corrected chi connectivity index (χ4v) is 3.97. The number of likely N-dealkylation sites (N-methyl/N-ethyl adjacent to an activating group) is 1. The molecule has 31 heavy (non-hydrogen) atoms. The highest BCUT2D eigenvalue weighted by molar-refractivity contribution is 14.0. The lowest BCUT2D eigenvalue weighted by molar-refractivity contribution is 0.267. The van der Waals surface area contributed by atoms with Gasteiger partial charge in [0.1, 0.15) is 11.6 Å². The topological polar surface area (TPSA) is 96.4 Å². The lowest BCUT2D eigenvalue weighted by Gasteiger charge is -2.24. The number of likely N-dealkylation sites (tertiary alicyclic amines) is 1. The molecule has 1 unspecified atom stereocenters. The molecule has 0 saturated carbocycles. The summed E-state index contributed by atoms with van der Waals surface area (Å²) in [6.07, 6.45) is 4.15. The molecule has 9 nitrogen and oxygen atoms in total. The van der Waals surface area contributed by atoms with E-state index in [-0.39, 0.29) is 24.0 Å². The van der Waals surface area contributed by atoms with E-state index in [0.29, 0.717) is 19.1 Å². The van der Waals surface area contributed by atoms with Crippen LogP contribution in [-0.2, 0) is 33.0 Å². The van der Waals surface area contributed by atoms with E-state index in [2.05, 4.69) is 51.7 Å². The molecule has 0 spiro atoms.